The van der Waals surface area contributed by atoms with E-state index < -0.39 is 6.10 Å². The molecule has 2 aliphatic rings. The third kappa shape index (κ3) is 7.65. The molecule has 4 rings (SSSR count). The molecule has 1 unspecified atom stereocenters. The lowest BCUT2D eigenvalue weighted by atomic mass is 10.0. The molecule has 33 heavy (non-hydrogen) atoms. The molecule has 1 aromatic carbocycles. The number of nitrogens with one attached hydrogen (secondary N) is 1. The topological polar surface area (TPSA) is 112 Å². The lowest BCUT2D eigenvalue weighted by Crippen LogP contribution is -2.29. The van der Waals surface area contributed by atoms with Crippen molar-refractivity contribution >= 4 is 23.0 Å². The van der Waals surface area contributed by atoms with Gasteiger partial charge in [0.25, 0.3) is 0 Å². The Labute approximate surface area is 200 Å². The van der Waals surface area contributed by atoms with E-state index in [1.807, 2.05) is 13.0 Å². The fourth-order valence-corrected chi connectivity index (χ4v) is 3.72. The van der Waals surface area contributed by atoms with Crippen LogP contribution in [0, 0.1) is 6.92 Å². The van der Waals surface area contributed by atoms with Crippen LogP contribution in [-0.4, -0.2) is 67.8 Å². The molecule has 4 N–H and O–H groups in total. The van der Waals surface area contributed by atoms with Gasteiger partial charge in [-0.25, -0.2) is 9.97 Å². The van der Waals surface area contributed by atoms with Crippen LogP contribution in [0.5, 0.6) is 5.75 Å². The lowest BCUT2D eigenvalue weighted by Gasteiger charge is -2.17. The van der Waals surface area contributed by atoms with Gasteiger partial charge in [-0.3, -0.25) is 0 Å². The molecule has 1 atom stereocenters. The summed E-state index contributed by atoms with van der Waals surface area (Å²) in [5, 5.41) is 13.2. The third-order valence-corrected chi connectivity index (χ3v) is 5.51. The van der Waals surface area contributed by atoms with E-state index in [2.05, 4.69) is 10.3 Å². The molecule has 0 radical (unpaired) electrons. The highest BCUT2D eigenvalue weighted by molar-refractivity contribution is 6.31. The van der Waals surface area contributed by atoms with Gasteiger partial charge in [-0.2, -0.15) is 0 Å². The minimum Gasteiger partial charge on any atom is -0.491 e. The van der Waals surface area contributed by atoms with Crippen LogP contribution in [0.25, 0.3) is 17.0 Å². The second-order valence-corrected chi connectivity index (χ2v) is 8.41. The SMILES string of the molecule is C1CCOC1.CNCC(O)COc1cc(Cl)cc(-c2nc(N)c(C)c(C3=CCOCC3)n2)c1. The number of hydrogen-bond acceptors (Lipinski definition) is 8. The van der Waals surface area contributed by atoms with Gasteiger partial charge in [-0.05, 0) is 57.0 Å². The molecule has 0 aliphatic carbocycles. The first kappa shape index (κ1) is 25.4. The summed E-state index contributed by atoms with van der Waals surface area (Å²) < 4.78 is 16.0. The maximum Gasteiger partial charge on any atom is 0.162 e. The summed E-state index contributed by atoms with van der Waals surface area (Å²) in [6.45, 7) is 5.73. The smallest absolute Gasteiger partial charge is 0.162 e. The Hall–Kier alpha value is -2.23. The average molecular weight is 477 g/mol. The average Bonchev–Trinajstić information content (AvgIpc) is 3.40. The number of rotatable bonds is 7. The number of hydrogen-bond donors (Lipinski definition) is 3. The van der Waals surface area contributed by atoms with Crippen molar-refractivity contribution in [2.45, 2.75) is 32.3 Å². The predicted molar refractivity (Wildman–Crippen MR) is 131 cm³/mol. The number of benzene rings is 1. The Balaban J connectivity index is 0.000000541. The molecular formula is C24H33ClN4O4. The maximum atomic E-state index is 9.84. The molecule has 8 nitrogen and oxygen atoms in total. The normalized spacial score (nSPS) is 16.5. The molecule has 3 heterocycles. The summed E-state index contributed by atoms with van der Waals surface area (Å²) in [5.41, 5.74) is 9.65. The number of ether oxygens (including phenoxy) is 3. The first-order valence-corrected chi connectivity index (χ1v) is 11.6. The Morgan fingerprint density at radius 2 is 1.97 bits per heavy atom. The van der Waals surface area contributed by atoms with Crippen LogP contribution in [0.1, 0.15) is 30.5 Å². The molecular weight excluding hydrogens is 444 g/mol. The van der Waals surface area contributed by atoms with Crippen molar-refractivity contribution in [3.05, 3.63) is 40.6 Å². The van der Waals surface area contributed by atoms with Gasteiger partial charge >= 0.3 is 0 Å². The van der Waals surface area contributed by atoms with E-state index in [0.29, 0.717) is 47.7 Å². The van der Waals surface area contributed by atoms with E-state index in [1.54, 1.807) is 25.2 Å². The van der Waals surface area contributed by atoms with Gasteiger partial charge < -0.3 is 30.4 Å². The van der Waals surface area contributed by atoms with E-state index >= 15 is 0 Å². The van der Waals surface area contributed by atoms with Gasteiger partial charge in [-0.15, -0.1) is 0 Å². The Morgan fingerprint density at radius 3 is 2.61 bits per heavy atom. The second kappa shape index (κ2) is 12.9. The molecule has 0 spiro atoms. The monoisotopic (exact) mass is 476 g/mol. The van der Waals surface area contributed by atoms with Gasteiger partial charge in [0.15, 0.2) is 5.82 Å². The number of nitrogen functional groups attached to an aromatic ring is 1. The van der Waals surface area contributed by atoms with Crippen molar-refractivity contribution < 1.29 is 19.3 Å². The van der Waals surface area contributed by atoms with Crippen molar-refractivity contribution in [3.8, 4) is 17.1 Å². The summed E-state index contributed by atoms with van der Waals surface area (Å²) >= 11 is 6.27. The lowest BCUT2D eigenvalue weighted by molar-refractivity contribution is 0.108. The minimum atomic E-state index is -0.620. The Morgan fingerprint density at radius 1 is 1.18 bits per heavy atom. The minimum absolute atomic E-state index is 0.148. The molecule has 1 aromatic heterocycles. The number of nitrogens with zero attached hydrogens (tertiary/aromatic N) is 2. The van der Waals surface area contributed by atoms with Gasteiger partial charge in [0.1, 0.15) is 24.3 Å². The number of likely N-dealkylation sites (N-methyl/N-ethyl adjacent to an activating group) is 1. The van der Waals surface area contributed by atoms with Gasteiger partial charge in [-0.1, -0.05) is 17.7 Å². The second-order valence-electron chi connectivity index (χ2n) is 7.98. The first-order chi connectivity index (χ1) is 16.0. The van der Waals surface area contributed by atoms with Crippen molar-refractivity contribution in [3.63, 3.8) is 0 Å². The highest BCUT2D eigenvalue weighted by atomic mass is 35.5. The largest absolute Gasteiger partial charge is 0.491 e. The van der Waals surface area contributed by atoms with Crippen LogP contribution < -0.4 is 15.8 Å². The van der Waals surface area contributed by atoms with Crippen LogP contribution in [0.2, 0.25) is 5.02 Å². The van der Waals surface area contributed by atoms with Gasteiger partial charge in [0, 0.05) is 35.9 Å². The van der Waals surface area contributed by atoms with Crippen LogP contribution in [0.15, 0.2) is 24.3 Å². The van der Waals surface area contributed by atoms with Gasteiger partial charge in [0.2, 0.25) is 0 Å². The van der Waals surface area contributed by atoms with Crippen molar-refractivity contribution in [1.82, 2.24) is 15.3 Å². The van der Waals surface area contributed by atoms with Crippen molar-refractivity contribution in [1.29, 1.82) is 0 Å². The molecule has 180 valence electrons. The zero-order valence-corrected chi connectivity index (χ0v) is 20.0. The van der Waals surface area contributed by atoms with E-state index in [9.17, 15) is 5.11 Å². The van der Waals surface area contributed by atoms with Crippen LogP contribution in [-0.2, 0) is 9.47 Å². The zero-order valence-electron chi connectivity index (χ0n) is 19.3. The number of halogens is 1. The van der Waals surface area contributed by atoms with Crippen LogP contribution in [0.3, 0.4) is 0 Å². The molecule has 2 aliphatic heterocycles. The Kier molecular flexibility index (Phi) is 9.90. The van der Waals surface area contributed by atoms with E-state index in [1.165, 1.54) is 12.8 Å². The number of aliphatic hydroxyl groups excluding tert-OH is 1. The highest BCUT2D eigenvalue weighted by Crippen LogP contribution is 2.31. The molecule has 0 saturated carbocycles. The van der Waals surface area contributed by atoms with Crippen LogP contribution >= 0.6 is 11.6 Å². The third-order valence-electron chi connectivity index (χ3n) is 5.29. The van der Waals surface area contributed by atoms with E-state index in [4.69, 9.17) is 36.5 Å². The molecule has 0 amide bonds. The van der Waals surface area contributed by atoms with Crippen molar-refractivity contribution in [2.75, 3.05) is 52.4 Å². The summed E-state index contributed by atoms with van der Waals surface area (Å²) in [7, 11) is 1.77. The summed E-state index contributed by atoms with van der Waals surface area (Å²) in [6.07, 6.45) is 4.74. The van der Waals surface area contributed by atoms with Gasteiger partial charge in [0.05, 0.1) is 18.9 Å². The first-order valence-electron chi connectivity index (χ1n) is 11.2. The predicted octanol–water partition coefficient (Wildman–Crippen LogP) is 3.25. The number of nitrogens with two attached hydrogens (primary N) is 1. The number of aliphatic hydroxyl groups is 1. The highest BCUT2D eigenvalue weighted by Gasteiger charge is 2.17. The standard InChI is InChI=1S/C20H25ClN4O3.C4H8O/c1-12-18(13-3-5-27-6-4-13)24-20(25-19(12)22)14-7-15(21)9-17(8-14)28-11-16(26)10-23-2;1-2-4-5-3-1/h3,7-9,16,23,26H,4-6,10-11H2,1-2H3,(H2,22,24,25);1-4H2. The quantitative estimate of drug-likeness (QED) is 0.558. The fourth-order valence-electron chi connectivity index (χ4n) is 3.49. The zero-order chi connectivity index (χ0) is 23.6. The molecule has 2 aromatic rings. The van der Waals surface area contributed by atoms with Crippen LogP contribution in [0.4, 0.5) is 5.82 Å². The van der Waals surface area contributed by atoms with Crippen molar-refractivity contribution in [2.24, 2.45) is 0 Å². The summed E-state index contributed by atoms with van der Waals surface area (Å²) in [6, 6.07) is 5.26. The molecule has 1 saturated heterocycles. The summed E-state index contributed by atoms with van der Waals surface area (Å²) in [4.78, 5) is 9.19. The fraction of sp³-hybridized carbons (Fsp3) is 0.500. The van der Waals surface area contributed by atoms with E-state index in [0.717, 1.165) is 36.5 Å². The number of anilines is 1. The molecule has 0 bridgehead atoms. The molecule has 1 fully saturated rings. The molecule has 9 heteroatoms. The number of aromatic nitrogens is 2. The Bertz CT molecular complexity index is 943. The summed E-state index contributed by atoms with van der Waals surface area (Å²) in [5.74, 6) is 1.44. The maximum absolute atomic E-state index is 9.84. The van der Waals surface area contributed by atoms with E-state index in [-0.39, 0.29) is 6.61 Å².